The topological polar surface area (TPSA) is 76.5 Å². The Kier molecular flexibility index (Phi) is 6.76. The maximum atomic E-state index is 13.5. The molecule has 1 aliphatic rings. The molecule has 150 valence electrons. The highest BCUT2D eigenvalue weighted by Gasteiger charge is 2.25. The van der Waals surface area contributed by atoms with Crippen LogP contribution in [-0.4, -0.2) is 49.0 Å². The Morgan fingerprint density at radius 2 is 2.07 bits per heavy atom. The summed E-state index contributed by atoms with van der Waals surface area (Å²) in [6.07, 6.45) is 2.24. The minimum absolute atomic E-state index is 0.0204. The van der Waals surface area contributed by atoms with Gasteiger partial charge in [-0.25, -0.2) is 4.39 Å². The van der Waals surface area contributed by atoms with Crippen LogP contribution in [0.4, 0.5) is 10.2 Å². The second-order valence-electron chi connectivity index (χ2n) is 6.82. The summed E-state index contributed by atoms with van der Waals surface area (Å²) in [7, 11) is 1.64. The van der Waals surface area contributed by atoms with Crippen LogP contribution < -0.4 is 15.8 Å². The number of amides is 1. The summed E-state index contributed by atoms with van der Waals surface area (Å²) < 4.78 is 19.7. The second kappa shape index (κ2) is 9.45. The van der Waals surface area contributed by atoms with Crippen molar-refractivity contribution in [3.05, 3.63) is 52.6 Å². The average molecular weight is 388 g/mol. The summed E-state index contributed by atoms with van der Waals surface area (Å²) in [5.74, 6) is 0.276. The number of benzene rings is 1. The van der Waals surface area contributed by atoms with Crippen LogP contribution in [0.25, 0.3) is 5.69 Å². The van der Waals surface area contributed by atoms with Crippen LogP contribution in [0.15, 0.2) is 41.2 Å². The summed E-state index contributed by atoms with van der Waals surface area (Å²) in [4.78, 5) is 26.5. The second-order valence-corrected chi connectivity index (χ2v) is 6.82. The maximum Gasteiger partial charge on any atom is 0.271 e. The summed E-state index contributed by atoms with van der Waals surface area (Å²) in [5, 5.41) is 7.35. The summed E-state index contributed by atoms with van der Waals surface area (Å²) in [6, 6.07) is 8.89. The maximum absolute atomic E-state index is 13.5. The van der Waals surface area contributed by atoms with E-state index in [0.717, 1.165) is 19.3 Å². The van der Waals surface area contributed by atoms with E-state index in [1.54, 1.807) is 25.3 Å². The zero-order valence-electron chi connectivity index (χ0n) is 15.9. The molecule has 2 heterocycles. The molecule has 8 heteroatoms. The predicted octanol–water partition coefficient (Wildman–Crippen LogP) is 1.74. The third-order valence-electron chi connectivity index (χ3n) is 4.85. The first kappa shape index (κ1) is 20.0. The number of rotatable bonds is 7. The number of aromatic nitrogens is 2. The van der Waals surface area contributed by atoms with Gasteiger partial charge < -0.3 is 15.0 Å². The highest BCUT2D eigenvalue weighted by atomic mass is 19.1. The molecule has 28 heavy (non-hydrogen) atoms. The molecule has 0 spiro atoms. The fourth-order valence-corrected chi connectivity index (χ4v) is 3.31. The molecule has 1 N–H and O–H groups in total. The molecule has 1 saturated heterocycles. The van der Waals surface area contributed by atoms with Crippen LogP contribution in [-0.2, 0) is 9.53 Å². The number of methoxy groups -OCH3 is 1. The normalized spacial score (nSPS) is 14.9. The number of ether oxygens (including phenoxy) is 1. The quantitative estimate of drug-likeness (QED) is 0.732. The lowest BCUT2D eigenvalue weighted by molar-refractivity contribution is -0.125. The van der Waals surface area contributed by atoms with E-state index in [-0.39, 0.29) is 17.4 Å². The van der Waals surface area contributed by atoms with Crippen molar-refractivity contribution in [1.29, 1.82) is 0 Å². The molecule has 3 rings (SSSR count). The minimum Gasteiger partial charge on any atom is -0.385 e. The van der Waals surface area contributed by atoms with Gasteiger partial charge in [0.1, 0.15) is 11.6 Å². The number of hydrogen-bond donors (Lipinski definition) is 1. The van der Waals surface area contributed by atoms with Gasteiger partial charge in [-0.1, -0.05) is 6.07 Å². The number of nitrogens with zero attached hydrogens (tertiary/aromatic N) is 3. The van der Waals surface area contributed by atoms with Crippen LogP contribution >= 0.6 is 0 Å². The largest absolute Gasteiger partial charge is 0.385 e. The van der Waals surface area contributed by atoms with Gasteiger partial charge in [0.05, 0.1) is 5.69 Å². The molecule has 0 bridgehead atoms. The Morgan fingerprint density at radius 1 is 1.29 bits per heavy atom. The Morgan fingerprint density at radius 3 is 2.79 bits per heavy atom. The van der Waals surface area contributed by atoms with Gasteiger partial charge in [-0.3, -0.25) is 9.59 Å². The number of halogens is 1. The number of anilines is 1. The minimum atomic E-state index is -0.422. The van der Waals surface area contributed by atoms with Gasteiger partial charge in [-0.2, -0.15) is 4.68 Å². The van der Waals surface area contributed by atoms with Crippen molar-refractivity contribution in [2.45, 2.75) is 19.3 Å². The molecular weight excluding hydrogens is 363 g/mol. The zero-order valence-corrected chi connectivity index (χ0v) is 15.9. The van der Waals surface area contributed by atoms with E-state index in [1.807, 2.05) is 4.90 Å². The van der Waals surface area contributed by atoms with Gasteiger partial charge >= 0.3 is 0 Å². The third-order valence-corrected chi connectivity index (χ3v) is 4.85. The van der Waals surface area contributed by atoms with Gasteiger partial charge in [-0.15, -0.1) is 5.10 Å². The Labute approximate surface area is 163 Å². The lowest BCUT2D eigenvalue weighted by Gasteiger charge is -2.32. The Bertz CT molecular complexity index is 863. The average Bonchev–Trinajstić information content (AvgIpc) is 2.71. The molecule has 0 atom stereocenters. The van der Waals surface area contributed by atoms with Crippen molar-refractivity contribution >= 4 is 11.7 Å². The van der Waals surface area contributed by atoms with Crippen molar-refractivity contribution in [3.8, 4) is 5.69 Å². The van der Waals surface area contributed by atoms with Crippen LogP contribution in [0.2, 0.25) is 0 Å². The van der Waals surface area contributed by atoms with Crippen molar-refractivity contribution in [1.82, 2.24) is 15.1 Å². The first-order chi connectivity index (χ1) is 13.6. The van der Waals surface area contributed by atoms with Crippen LogP contribution in [0.5, 0.6) is 0 Å². The van der Waals surface area contributed by atoms with Crippen molar-refractivity contribution in [2.24, 2.45) is 5.92 Å². The fraction of sp³-hybridized carbons (Fsp3) is 0.450. The lowest BCUT2D eigenvalue weighted by atomic mass is 9.96. The van der Waals surface area contributed by atoms with Crippen LogP contribution in [0.1, 0.15) is 19.3 Å². The van der Waals surface area contributed by atoms with E-state index < -0.39 is 5.82 Å². The molecule has 1 amide bonds. The van der Waals surface area contributed by atoms with Crippen molar-refractivity contribution in [2.75, 3.05) is 38.3 Å². The molecule has 1 aromatic carbocycles. The Hall–Kier alpha value is -2.74. The lowest BCUT2D eigenvalue weighted by Crippen LogP contribution is -2.41. The first-order valence-corrected chi connectivity index (χ1v) is 9.46. The summed E-state index contributed by atoms with van der Waals surface area (Å²) in [5.41, 5.74) is 0.0665. The fourth-order valence-electron chi connectivity index (χ4n) is 3.31. The van der Waals surface area contributed by atoms with Crippen LogP contribution in [0.3, 0.4) is 0 Å². The first-order valence-electron chi connectivity index (χ1n) is 9.46. The number of carbonyl (C=O) groups excluding carboxylic acids is 1. The zero-order chi connectivity index (χ0) is 19.9. The monoisotopic (exact) mass is 388 g/mol. The van der Waals surface area contributed by atoms with E-state index in [4.69, 9.17) is 4.74 Å². The summed E-state index contributed by atoms with van der Waals surface area (Å²) in [6.45, 7) is 2.59. The number of hydrogen-bond acceptors (Lipinski definition) is 5. The number of nitrogens with one attached hydrogen (secondary N) is 1. The molecule has 7 nitrogen and oxygen atoms in total. The van der Waals surface area contributed by atoms with Crippen LogP contribution in [0, 0.1) is 11.7 Å². The van der Waals surface area contributed by atoms with Gasteiger partial charge in [0, 0.05) is 45.3 Å². The molecule has 0 aliphatic carbocycles. The molecule has 1 fully saturated rings. The van der Waals surface area contributed by atoms with E-state index in [1.165, 1.54) is 22.9 Å². The smallest absolute Gasteiger partial charge is 0.271 e. The number of carbonyl (C=O) groups is 1. The van der Waals surface area contributed by atoms with Gasteiger partial charge in [0.25, 0.3) is 5.56 Å². The molecule has 0 unspecified atom stereocenters. The molecular formula is C20H25FN4O3. The molecule has 1 aromatic heterocycles. The van der Waals surface area contributed by atoms with E-state index in [0.29, 0.717) is 37.7 Å². The van der Waals surface area contributed by atoms with E-state index >= 15 is 0 Å². The Balaban J connectivity index is 1.62. The SMILES string of the molecule is COCCCNC(=O)C1CCN(c2ccc(=O)n(-c3cccc(F)c3)n2)CC1. The number of piperidine rings is 1. The summed E-state index contributed by atoms with van der Waals surface area (Å²) >= 11 is 0. The van der Waals surface area contributed by atoms with Crippen molar-refractivity contribution < 1.29 is 13.9 Å². The highest BCUT2D eigenvalue weighted by molar-refractivity contribution is 5.78. The van der Waals surface area contributed by atoms with Gasteiger partial charge in [0.2, 0.25) is 5.91 Å². The van der Waals surface area contributed by atoms with Gasteiger partial charge in [0.15, 0.2) is 0 Å². The molecule has 2 aromatic rings. The molecule has 0 radical (unpaired) electrons. The molecule has 0 saturated carbocycles. The third kappa shape index (κ3) is 4.95. The van der Waals surface area contributed by atoms with E-state index in [9.17, 15) is 14.0 Å². The molecule has 1 aliphatic heterocycles. The highest BCUT2D eigenvalue weighted by Crippen LogP contribution is 2.21. The van der Waals surface area contributed by atoms with E-state index in [2.05, 4.69) is 10.4 Å². The van der Waals surface area contributed by atoms with Crippen molar-refractivity contribution in [3.63, 3.8) is 0 Å². The van der Waals surface area contributed by atoms with Gasteiger partial charge in [-0.05, 0) is 43.5 Å². The predicted molar refractivity (Wildman–Crippen MR) is 104 cm³/mol. The standard InChI is InChI=1S/C20H25FN4O3/c1-28-13-3-10-22-20(27)15-8-11-24(12-9-15)18-6-7-19(26)25(23-18)17-5-2-4-16(21)14-17/h2,4-7,14-15H,3,8-13H2,1H3,(H,22,27).